The van der Waals surface area contributed by atoms with Crippen LogP contribution in [0.3, 0.4) is 0 Å². The molecular weight excluding hydrogens is 438 g/mol. The number of aromatic nitrogens is 1. The molecule has 3 aromatic rings. The van der Waals surface area contributed by atoms with Gasteiger partial charge < -0.3 is 4.74 Å². The van der Waals surface area contributed by atoms with Crippen LogP contribution in [-0.2, 0) is 10.0 Å². The van der Waals surface area contributed by atoms with Crippen LogP contribution in [0.1, 0.15) is 0 Å². The Balaban J connectivity index is 1.83. The Morgan fingerprint density at radius 2 is 2.12 bits per heavy atom. The third-order valence-corrected chi connectivity index (χ3v) is 7.26. The maximum absolute atomic E-state index is 12.4. The molecule has 126 valence electrons. The van der Waals surface area contributed by atoms with Crippen LogP contribution in [0.4, 0.5) is 9.93 Å². The molecule has 0 aliphatic carbocycles. The van der Waals surface area contributed by atoms with Crippen LogP contribution in [0.25, 0.3) is 10.1 Å². The van der Waals surface area contributed by atoms with Crippen molar-refractivity contribution in [1.82, 2.24) is 9.71 Å². The van der Waals surface area contributed by atoms with E-state index in [0.717, 1.165) is 20.5 Å². The van der Waals surface area contributed by atoms with E-state index in [-0.39, 0.29) is 9.34 Å². The zero-order chi connectivity index (χ0) is 17.3. The minimum atomic E-state index is -3.99. The molecule has 0 aliphatic rings. The van der Waals surface area contributed by atoms with Gasteiger partial charge in [-0.05, 0) is 33.4 Å². The minimum absolute atomic E-state index is 0.0254. The predicted molar refractivity (Wildman–Crippen MR) is 97.5 cm³/mol. The number of carbonyl (C=O) groups is 1. The molecule has 2 heterocycles. The largest absolute Gasteiger partial charge is 0.495 e. The number of hydrogen-bond acceptors (Lipinski definition) is 7. The van der Waals surface area contributed by atoms with Gasteiger partial charge in [-0.15, -0.1) is 11.3 Å². The number of thiazole rings is 1. The van der Waals surface area contributed by atoms with E-state index >= 15 is 0 Å². The number of urea groups is 1. The van der Waals surface area contributed by atoms with Crippen molar-refractivity contribution in [1.29, 1.82) is 0 Å². The number of fused-ring (bicyclic) bond motifs is 1. The highest BCUT2D eigenvalue weighted by atomic mass is 79.9. The van der Waals surface area contributed by atoms with Gasteiger partial charge in [0.2, 0.25) is 0 Å². The van der Waals surface area contributed by atoms with Crippen molar-refractivity contribution in [2.75, 3.05) is 12.4 Å². The van der Waals surface area contributed by atoms with Crippen molar-refractivity contribution in [3.63, 3.8) is 0 Å². The van der Waals surface area contributed by atoms with Gasteiger partial charge >= 0.3 is 6.03 Å². The lowest BCUT2D eigenvalue weighted by Crippen LogP contribution is -2.33. The Hall–Kier alpha value is -1.69. The molecule has 2 N–H and O–H groups in total. The van der Waals surface area contributed by atoms with E-state index in [1.54, 1.807) is 18.2 Å². The van der Waals surface area contributed by atoms with Crippen molar-refractivity contribution >= 4 is 69.9 Å². The summed E-state index contributed by atoms with van der Waals surface area (Å²) in [5, 5.41) is 3.38. The van der Waals surface area contributed by atoms with Crippen molar-refractivity contribution in [2.24, 2.45) is 0 Å². The number of carbonyl (C=O) groups excluding carboxylic acids is 1. The number of anilines is 1. The minimum Gasteiger partial charge on any atom is -0.495 e. The first-order valence-corrected chi connectivity index (χ1v) is 10.3. The van der Waals surface area contributed by atoms with Gasteiger partial charge in [-0.25, -0.2) is 22.9 Å². The van der Waals surface area contributed by atoms with Crippen molar-refractivity contribution in [3.8, 4) is 5.75 Å². The van der Waals surface area contributed by atoms with Gasteiger partial charge in [0.1, 0.15) is 9.96 Å². The van der Waals surface area contributed by atoms with Gasteiger partial charge in [0.25, 0.3) is 10.0 Å². The molecule has 0 saturated heterocycles. The Morgan fingerprint density at radius 3 is 2.79 bits per heavy atom. The van der Waals surface area contributed by atoms with Crippen LogP contribution in [0.5, 0.6) is 5.75 Å². The van der Waals surface area contributed by atoms with Crippen LogP contribution in [0, 0.1) is 0 Å². The summed E-state index contributed by atoms with van der Waals surface area (Å²) in [6.07, 6.45) is 1.51. The van der Waals surface area contributed by atoms with Gasteiger partial charge in [-0.1, -0.05) is 23.5 Å². The summed E-state index contributed by atoms with van der Waals surface area (Å²) in [4.78, 5) is 15.8. The standard InChI is InChI=1S/C13H10BrN3O4S3/c1-21-8-4-2-3-7-5-10(23-11(7)8)24(19,20)17-12(18)16-13-15-6-9(14)22-13/h2-6H,1H3,(H2,15,16,17,18). The maximum atomic E-state index is 12.4. The first-order chi connectivity index (χ1) is 11.4. The highest BCUT2D eigenvalue weighted by Crippen LogP contribution is 2.35. The van der Waals surface area contributed by atoms with Gasteiger partial charge in [-0.3, -0.25) is 5.32 Å². The molecule has 0 aliphatic heterocycles. The smallest absolute Gasteiger partial charge is 0.334 e. The van der Waals surface area contributed by atoms with Crippen LogP contribution >= 0.6 is 38.6 Å². The summed E-state index contributed by atoms with van der Waals surface area (Å²) in [5.74, 6) is 0.580. The van der Waals surface area contributed by atoms with Gasteiger partial charge in [-0.2, -0.15) is 0 Å². The lowest BCUT2D eigenvalue weighted by molar-refractivity contribution is 0.256. The summed E-state index contributed by atoms with van der Waals surface area (Å²) in [5.41, 5.74) is 0. The second kappa shape index (κ2) is 6.67. The highest BCUT2D eigenvalue weighted by Gasteiger charge is 2.22. The molecule has 2 amide bonds. The lowest BCUT2D eigenvalue weighted by Gasteiger charge is -2.04. The fourth-order valence-corrected chi connectivity index (χ4v) is 5.39. The van der Waals surface area contributed by atoms with Gasteiger partial charge in [0, 0.05) is 0 Å². The molecule has 0 radical (unpaired) electrons. The number of nitrogens with one attached hydrogen (secondary N) is 2. The number of hydrogen-bond donors (Lipinski definition) is 2. The Labute approximate surface area is 153 Å². The molecule has 3 rings (SSSR count). The number of halogens is 1. The molecule has 11 heteroatoms. The monoisotopic (exact) mass is 447 g/mol. The topological polar surface area (TPSA) is 97.4 Å². The number of amides is 2. The molecular formula is C13H10BrN3O4S3. The van der Waals surface area contributed by atoms with E-state index < -0.39 is 16.1 Å². The van der Waals surface area contributed by atoms with E-state index in [4.69, 9.17) is 4.74 Å². The number of sulfonamides is 1. The molecule has 0 fully saturated rings. The summed E-state index contributed by atoms with van der Waals surface area (Å²) in [6, 6.07) is 5.92. The van der Waals surface area contributed by atoms with E-state index in [0.29, 0.717) is 10.4 Å². The average molecular weight is 448 g/mol. The molecule has 24 heavy (non-hydrogen) atoms. The van der Waals surface area contributed by atoms with Crippen LogP contribution in [-0.4, -0.2) is 26.5 Å². The molecule has 0 atom stereocenters. The number of rotatable bonds is 4. The normalized spacial score (nSPS) is 11.4. The number of methoxy groups -OCH3 is 1. The molecule has 0 unspecified atom stereocenters. The van der Waals surface area contributed by atoms with Gasteiger partial charge in [0.15, 0.2) is 5.13 Å². The predicted octanol–water partition coefficient (Wildman–Crippen LogP) is 3.64. The summed E-state index contributed by atoms with van der Waals surface area (Å²) < 4.78 is 33.4. The third-order valence-electron chi connectivity index (χ3n) is 2.90. The first-order valence-electron chi connectivity index (χ1n) is 6.41. The molecule has 0 saturated carbocycles. The lowest BCUT2D eigenvalue weighted by atomic mass is 10.2. The SMILES string of the molecule is COc1cccc2cc(S(=O)(=O)NC(=O)Nc3ncc(Br)s3)sc12. The van der Waals surface area contributed by atoms with E-state index in [9.17, 15) is 13.2 Å². The number of nitrogens with zero attached hydrogens (tertiary/aromatic N) is 1. The molecule has 1 aromatic carbocycles. The zero-order valence-electron chi connectivity index (χ0n) is 12.1. The Morgan fingerprint density at radius 1 is 1.33 bits per heavy atom. The molecule has 7 nitrogen and oxygen atoms in total. The second-order valence-electron chi connectivity index (χ2n) is 4.47. The quantitative estimate of drug-likeness (QED) is 0.635. The maximum Gasteiger partial charge on any atom is 0.334 e. The van der Waals surface area contributed by atoms with Crippen LogP contribution in [0.15, 0.2) is 38.5 Å². The fourth-order valence-electron chi connectivity index (χ4n) is 1.91. The first kappa shape index (κ1) is 17.1. The molecule has 2 aromatic heterocycles. The second-order valence-corrected chi connectivity index (χ2v) is 9.84. The number of ether oxygens (including phenoxy) is 1. The van der Waals surface area contributed by atoms with Crippen molar-refractivity contribution < 1.29 is 17.9 Å². The van der Waals surface area contributed by atoms with E-state index in [1.807, 2.05) is 4.72 Å². The zero-order valence-corrected chi connectivity index (χ0v) is 16.1. The van der Waals surface area contributed by atoms with Crippen molar-refractivity contribution in [2.45, 2.75) is 4.21 Å². The number of thiophene rings is 1. The Bertz CT molecular complexity index is 1010. The van der Waals surface area contributed by atoms with E-state index in [1.165, 1.54) is 30.7 Å². The van der Waals surface area contributed by atoms with Gasteiger partial charge in [0.05, 0.1) is 21.8 Å². The van der Waals surface area contributed by atoms with Crippen LogP contribution < -0.4 is 14.8 Å². The summed E-state index contributed by atoms with van der Waals surface area (Å²) >= 11 is 5.41. The molecule has 0 spiro atoms. The van der Waals surface area contributed by atoms with Crippen molar-refractivity contribution in [3.05, 3.63) is 34.2 Å². The molecule has 0 bridgehead atoms. The average Bonchev–Trinajstić information content (AvgIpc) is 3.12. The Kier molecular flexibility index (Phi) is 4.76. The van der Waals surface area contributed by atoms with E-state index in [2.05, 4.69) is 26.2 Å². The summed E-state index contributed by atoms with van der Waals surface area (Å²) in [7, 11) is -2.48. The summed E-state index contributed by atoms with van der Waals surface area (Å²) in [6.45, 7) is 0. The number of benzene rings is 1. The third kappa shape index (κ3) is 3.53. The highest BCUT2D eigenvalue weighted by molar-refractivity contribution is 9.11. The fraction of sp³-hybridized carbons (Fsp3) is 0.0769. The van der Waals surface area contributed by atoms with Crippen LogP contribution in [0.2, 0.25) is 0 Å².